The molecule has 8 nitrogen and oxygen atoms in total. The van der Waals surface area contributed by atoms with Crippen molar-refractivity contribution in [3.8, 4) is 0 Å². The number of fused-ring (bicyclic) bond motifs is 1. The van der Waals surface area contributed by atoms with Crippen LogP contribution in [0.4, 0.5) is 5.82 Å². The van der Waals surface area contributed by atoms with E-state index in [1.807, 2.05) is 16.7 Å². The van der Waals surface area contributed by atoms with Crippen molar-refractivity contribution in [2.45, 2.75) is 44.1 Å². The van der Waals surface area contributed by atoms with Crippen molar-refractivity contribution in [2.24, 2.45) is 0 Å². The summed E-state index contributed by atoms with van der Waals surface area (Å²) < 4.78 is 14.9. The fourth-order valence-corrected chi connectivity index (χ4v) is 9.71. The van der Waals surface area contributed by atoms with Gasteiger partial charge in [-0.2, -0.15) is 0 Å². The van der Waals surface area contributed by atoms with Crippen molar-refractivity contribution in [1.82, 2.24) is 19.5 Å². The average molecular weight is 490 g/mol. The van der Waals surface area contributed by atoms with Crippen molar-refractivity contribution in [2.75, 3.05) is 18.9 Å². The number of aromatic nitrogens is 4. The van der Waals surface area contributed by atoms with E-state index in [4.69, 9.17) is 14.9 Å². The first-order chi connectivity index (χ1) is 16.8. The summed E-state index contributed by atoms with van der Waals surface area (Å²) in [5, 5.41) is 13.5. The van der Waals surface area contributed by atoms with Crippen LogP contribution >= 0.6 is 0 Å². The summed E-state index contributed by atoms with van der Waals surface area (Å²) in [4.78, 5) is 12.7. The Labute approximate surface area is 205 Å². The van der Waals surface area contributed by atoms with Gasteiger partial charge in [-0.3, -0.25) is 0 Å². The number of rotatable bonds is 6. The highest BCUT2D eigenvalue weighted by molar-refractivity contribution is 6.99. The smallest absolute Gasteiger partial charge is 0.261 e. The second kappa shape index (κ2) is 9.16. The van der Waals surface area contributed by atoms with Gasteiger partial charge in [-0.05, 0) is 15.4 Å². The molecule has 0 saturated carbocycles. The van der Waals surface area contributed by atoms with Crippen molar-refractivity contribution in [3.63, 3.8) is 0 Å². The van der Waals surface area contributed by atoms with E-state index in [2.05, 4.69) is 84.3 Å². The third-order valence-electron chi connectivity index (χ3n) is 6.88. The average Bonchev–Trinajstić information content (AvgIpc) is 3.44. The zero-order chi connectivity index (χ0) is 24.6. The number of aliphatic hydroxyl groups is 1. The van der Waals surface area contributed by atoms with E-state index in [9.17, 15) is 5.11 Å². The van der Waals surface area contributed by atoms with Gasteiger partial charge in [0.2, 0.25) is 0 Å². The van der Waals surface area contributed by atoms with Crippen LogP contribution < -0.4 is 16.1 Å². The zero-order valence-corrected chi connectivity index (χ0v) is 21.2. The lowest BCUT2D eigenvalue weighted by Gasteiger charge is -2.43. The van der Waals surface area contributed by atoms with Crippen LogP contribution in [0.25, 0.3) is 11.2 Å². The Morgan fingerprint density at radius 1 is 1.03 bits per heavy atom. The van der Waals surface area contributed by atoms with Crippen LogP contribution in [0.2, 0.25) is 5.04 Å². The van der Waals surface area contributed by atoms with Crippen LogP contribution in [-0.2, 0) is 9.16 Å². The van der Waals surface area contributed by atoms with Crippen molar-refractivity contribution < 1.29 is 14.3 Å². The van der Waals surface area contributed by atoms with E-state index in [0.29, 0.717) is 23.6 Å². The van der Waals surface area contributed by atoms with E-state index in [-0.39, 0.29) is 17.7 Å². The van der Waals surface area contributed by atoms with E-state index < -0.39 is 20.5 Å². The first-order valence-corrected chi connectivity index (χ1v) is 13.7. The van der Waals surface area contributed by atoms with E-state index in [1.54, 1.807) is 6.33 Å². The molecule has 3 N–H and O–H groups in total. The van der Waals surface area contributed by atoms with E-state index in [0.717, 1.165) is 0 Å². The highest BCUT2D eigenvalue weighted by atomic mass is 28.4. The highest BCUT2D eigenvalue weighted by Crippen LogP contribution is 2.38. The van der Waals surface area contributed by atoms with E-state index >= 15 is 0 Å². The maximum atomic E-state index is 11.3. The van der Waals surface area contributed by atoms with Gasteiger partial charge in [-0.25, -0.2) is 15.0 Å². The second-order valence-electron chi connectivity index (χ2n) is 9.99. The Balaban J connectivity index is 1.45. The molecule has 3 atom stereocenters. The van der Waals surface area contributed by atoms with Gasteiger partial charge in [0.1, 0.15) is 24.1 Å². The summed E-state index contributed by atoms with van der Waals surface area (Å²) in [6, 6.07) is 20.6. The summed E-state index contributed by atoms with van der Waals surface area (Å²) in [6.07, 6.45) is 1.76. The van der Waals surface area contributed by atoms with Crippen molar-refractivity contribution >= 4 is 35.7 Å². The molecule has 0 aliphatic carbocycles. The molecular formula is C26H31N5O3Si. The number of nitrogen functional groups attached to an aromatic ring is 1. The molecule has 1 saturated heterocycles. The number of anilines is 1. The number of benzene rings is 2. The molecule has 5 rings (SSSR count). The molecule has 2 aromatic carbocycles. The van der Waals surface area contributed by atoms with Gasteiger partial charge in [0.25, 0.3) is 8.32 Å². The van der Waals surface area contributed by atoms with Crippen LogP contribution in [0.3, 0.4) is 0 Å². The number of imidazole rings is 1. The largest absolute Gasteiger partial charge is 0.405 e. The molecule has 1 aliphatic rings. The van der Waals surface area contributed by atoms with Gasteiger partial charge in [-0.1, -0.05) is 81.4 Å². The van der Waals surface area contributed by atoms with Crippen LogP contribution in [0.1, 0.15) is 26.8 Å². The Hall–Kier alpha value is -3.11. The topological polar surface area (TPSA) is 108 Å². The fourth-order valence-electron chi connectivity index (χ4n) is 5.14. The van der Waals surface area contributed by atoms with Crippen molar-refractivity contribution in [1.29, 1.82) is 0 Å². The molecule has 0 bridgehead atoms. The third kappa shape index (κ3) is 4.04. The maximum Gasteiger partial charge on any atom is 0.261 e. The summed E-state index contributed by atoms with van der Waals surface area (Å²) in [5.41, 5.74) is 7.04. The van der Waals surface area contributed by atoms with Gasteiger partial charge in [0.15, 0.2) is 11.5 Å². The number of nitrogens with zero attached hydrogens (tertiary/aromatic N) is 4. The van der Waals surface area contributed by atoms with Crippen LogP contribution in [0.5, 0.6) is 0 Å². The molecule has 1 fully saturated rings. The minimum Gasteiger partial charge on any atom is -0.405 e. The molecule has 4 aromatic rings. The summed E-state index contributed by atoms with van der Waals surface area (Å²) in [5.74, 6) is 0.314. The van der Waals surface area contributed by atoms with Crippen LogP contribution in [-0.4, -0.2) is 58.4 Å². The molecule has 35 heavy (non-hydrogen) atoms. The SMILES string of the molecule is CC(C)(C)[Si](OC[C@H]1OC[C@@H](n2cnc3c(N)ncnc32)[C@@H]1O)(c1ccccc1)c1ccccc1. The van der Waals surface area contributed by atoms with Gasteiger partial charge >= 0.3 is 0 Å². The Morgan fingerprint density at radius 3 is 2.26 bits per heavy atom. The molecule has 0 spiro atoms. The molecule has 0 amide bonds. The lowest BCUT2D eigenvalue weighted by molar-refractivity contribution is 0.00638. The quantitative estimate of drug-likeness (QED) is 0.400. The van der Waals surface area contributed by atoms with Gasteiger partial charge in [0, 0.05) is 0 Å². The lowest BCUT2D eigenvalue weighted by Crippen LogP contribution is -2.67. The molecular weight excluding hydrogens is 458 g/mol. The van der Waals surface area contributed by atoms with Crippen LogP contribution in [0.15, 0.2) is 73.3 Å². The van der Waals surface area contributed by atoms with Crippen LogP contribution in [0, 0.1) is 0 Å². The molecule has 9 heteroatoms. The van der Waals surface area contributed by atoms with Gasteiger partial charge in [0.05, 0.1) is 25.6 Å². The number of aliphatic hydroxyl groups excluding tert-OH is 1. The number of nitrogens with two attached hydrogens (primary N) is 1. The van der Waals surface area contributed by atoms with Gasteiger partial charge < -0.3 is 24.6 Å². The fraction of sp³-hybridized carbons (Fsp3) is 0.346. The first kappa shape index (κ1) is 23.6. The minimum atomic E-state index is -2.73. The molecule has 182 valence electrons. The maximum absolute atomic E-state index is 11.3. The number of ether oxygens (including phenoxy) is 1. The standard InChI is InChI=1S/C26H31N5O3Si/c1-26(2,3)35(18-10-6-4-7-11-18,19-12-8-5-9-13-19)34-15-21-23(32)20(14-33-21)31-17-30-22-24(27)28-16-29-25(22)31/h4-13,16-17,20-21,23,32H,14-15H2,1-3H3,(H2,27,28,29)/t20-,21-,23+/m1/s1. The predicted octanol–water partition coefficient (Wildman–Crippen LogP) is 2.29. The Kier molecular flexibility index (Phi) is 6.18. The normalized spacial score (nSPS) is 21.0. The lowest BCUT2D eigenvalue weighted by atomic mass is 10.1. The zero-order valence-electron chi connectivity index (χ0n) is 20.2. The predicted molar refractivity (Wildman–Crippen MR) is 138 cm³/mol. The third-order valence-corrected chi connectivity index (χ3v) is 11.9. The molecule has 1 aliphatic heterocycles. The molecule has 2 aromatic heterocycles. The van der Waals surface area contributed by atoms with Gasteiger partial charge in [-0.15, -0.1) is 0 Å². The first-order valence-electron chi connectivity index (χ1n) is 11.8. The summed E-state index contributed by atoms with van der Waals surface area (Å²) in [6.45, 7) is 7.29. The number of hydrogen-bond acceptors (Lipinski definition) is 7. The highest BCUT2D eigenvalue weighted by Gasteiger charge is 2.51. The summed E-state index contributed by atoms with van der Waals surface area (Å²) >= 11 is 0. The molecule has 0 unspecified atom stereocenters. The molecule has 0 radical (unpaired) electrons. The minimum absolute atomic E-state index is 0.159. The Morgan fingerprint density at radius 2 is 1.66 bits per heavy atom. The van der Waals surface area contributed by atoms with E-state index in [1.165, 1.54) is 16.7 Å². The van der Waals surface area contributed by atoms with Crippen molar-refractivity contribution in [3.05, 3.63) is 73.3 Å². The second-order valence-corrected chi connectivity index (χ2v) is 14.3. The summed E-state index contributed by atoms with van der Waals surface area (Å²) in [7, 11) is -2.73. The monoisotopic (exact) mass is 489 g/mol. The molecule has 3 heterocycles. The Bertz CT molecular complexity index is 1250. The number of hydrogen-bond donors (Lipinski definition) is 2.